The topological polar surface area (TPSA) is 89.4 Å². The summed E-state index contributed by atoms with van der Waals surface area (Å²) in [4.78, 5) is 28.6. The lowest BCUT2D eigenvalue weighted by molar-refractivity contribution is -0.127. The van der Waals surface area contributed by atoms with Crippen molar-refractivity contribution < 1.29 is 18.7 Å². The Morgan fingerprint density at radius 2 is 1.86 bits per heavy atom. The van der Waals surface area contributed by atoms with Gasteiger partial charge in [0.2, 0.25) is 11.8 Å². The highest BCUT2D eigenvalue weighted by Gasteiger charge is 2.34. The molecule has 8 nitrogen and oxygen atoms in total. The van der Waals surface area contributed by atoms with E-state index in [0.29, 0.717) is 16.7 Å². The molecule has 180 valence electrons. The molecule has 2 amide bonds. The lowest BCUT2D eigenvalue weighted by Crippen LogP contribution is -2.46. The minimum atomic E-state index is -1.25. The summed E-state index contributed by atoms with van der Waals surface area (Å²) in [5.41, 5.74) is 2.76. The Bertz CT molecular complexity index is 1340. The van der Waals surface area contributed by atoms with Gasteiger partial charge >= 0.3 is 0 Å². The van der Waals surface area contributed by atoms with Gasteiger partial charge in [0.15, 0.2) is 0 Å². The molecule has 4 rings (SSSR count). The molecule has 3 aromatic carbocycles. The number of para-hydroxylation sites is 1. The van der Waals surface area contributed by atoms with Crippen molar-refractivity contribution >= 4 is 28.5 Å². The van der Waals surface area contributed by atoms with E-state index in [0.717, 1.165) is 5.56 Å². The smallest absolute Gasteiger partial charge is 0.249 e. The first kappa shape index (κ1) is 24.0. The average molecular weight is 476 g/mol. The Hall–Kier alpha value is -4.11. The molecule has 1 heterocycles. The number of nitrogens with zero attached hydrogens (tertiary/aromatic N) is 4. The first-order valence-electron chi connectivity index (χ1n) is 11.2. The Morgan fingerprint density at radius 1 is 1.09 bits per heavy atom. The minimum Gasteiger partial charge on any atom is -0.383 e. The zero-order chi connectivity index (χ0) is 24.8. The molecule has 9 heteroatoms. The number of hydrogen-bond acceptors (Lipinski definition) is 5. The predicted molar refractivity (Wildman–Crippen MR) is 130 cm³/mol. The largest absolute Gasteiger partial charge is 0.383 e. The fraction of sp³-hybridized carbons (Fsp3) is 0.231. The molecular formula is C26H26FN5O3. The van der Waals surface area contributed by atoms with Crippen molar-refractivity contribution in [1.82, 2.24) is 20.3 Å². The number of aryl methyl sites for hydroxylation is 1. The number of nitrogens with one attached hydrogen (secondary N) is 1. The van der Waals surface area contributed by atoms with Crippen LogP contribution in [0, 0.1) is 12.7 Å². The van der Waals surface area contributed by atoms with Crippen molar-refractivity contribution in [1.29, 1.82) is 0 Å². The molecule has 0 saturated carbocycles. The molecule has 35 heavy (non-hydrogen) atoms. The van der Waals surface area contributed by atoms with E-state index in [1.165, 1.54) is 28.8 Å². The Labute approximate surface area is 202 Å². The van der Waals surface area contributed by atoms with E-state index in [1.54, 1.807) is 36.4 Å². The van der Waals surface area contributed by atoms with E-state index in [9.17, 15) is 9.59 Å². The molecule has 0 aliphatic carbocycles. The van der Waals surface area contributed by atoms with Crippen molar-refractivity contribution in [3.8, 4) is 0 Å². The van der Waals surface area contributed by atoms with Crippen LogP contribution >= 0.6 is 0 Å². The number of ether oxygens (including phenoxy) is 1. The third-order valence-electron chi connectivity index (χ3n) is 5.57. The molecule has 0 aliphatic rings. The van der Waals surface area contributed by atoms with Gasteiger partial charge in [0.05, 0.1) is 12.1 Å². The van der Waals surface area contributed by atoms with Crippen LogP contribution in [0.5, 0.6) is 0 Å². The number of hydrogen-bond donors (Lipinski definition) is 1. The van der Waals surface area contributed by atoms with Gasteiger partial charge < -0.3 is 10.1 Å². The van der Waals surface area contributed by atoms with Gasteiger partial charge in [-0.3, -0.25) is 14.5 Å². The molecule has 1 unspecified atom stereocenters. The predicted octanol–water partition coefficient (Wildman–Crippen LogP) is 3.42. The number of methoxy groups -OCH3 is 1. The molecule has 0 fully saturated rings. The van der Waals surface area contributed by atoms with Crippen molar-refractivity contribution in [3.05, 3.63) is 89.7 Å². The highest BCUT2D eigenvalue weighted by molar-refractivity contribution is 6.01. The lowest BCUT2D eigenvalue weighted by Gasteiger charge is -2.32. The van der Waals surface area contributed by atoms with Crippen LogP contribution in [0.25, 0.3) is 11.0 Å². The van der Waals surface area contributed by atoms with Gasteiger partial charge in [-0.15, -0.1) is 5.10 Å². The summed E-state index contributed by atoms with van der Waals surface area (Å²) in [5, 5.41) is 11.0. The number of aromatic nitrogens is 3. The molecule has 0 bridgehead atoms. The maximum absolute atomic E-state index is 15.0. The number of fused-ring (bicyclic) bond motifs is 1. The number of benzene rings is 3. The second-order valence-electron chi connectivity index (χ2n) is 8.05. The van der Waals surface area contributed by atoms with Crippen LogP contribution in [0.15, 0.2) is 72.8 Å². The fourth-order valence-corrected chi connectivity index (χ4v) is 3.92. The third-order valence-corrected chi connectivity index (χ3v) is 5.57. The van der Waals surface area contributed by atoms with Gasteiger partial charge in [-0.1, -0.05) is 47.7 Å². The third kappa shape index (κ3) is 5.36. The molecular weight excluding hydrogens is 449 g/mol. The standard InChI is InChI=1S/C26H26FN5O3/c1-18-8-7-9-19(16-18)32(24(33)17-31-23-13-6-5-12-22(23)29-30-31)25(26(34)28-14-15-35-2)20-10-3-4-11-21(20)27/h3-13,16,25H,14-15,17H2,1-2H3,(H,28,34). The lowest BCUT2D eigenvalue weighted by atomic mass is 10.0. The highest BCUT2D eigenvalue weighted by Crippen LogP contribution is 2.30. The maximum atomic E-state index is 15.0. The molecule has 1 atom stereocenters. The van der Waals surface area contributed by atoms with Gasteiger partial charge in [-0.25, -0.2) is 9.07 Å². The SMILES string of the molecule is COCCNC(=O)C(c1ccccc1F)N(C(=O)Cn1nnc2ccccc21)c1cccc(C)c1. The Balaban J connectivity index is 1.79. The summed E-state index contributed by atoms with van der Waals surface area (Å²) in [7, 11) is 1.52. The molecule has 1 aromatic heterocycles. The summed E-state index contributed by atoms with van der Waals surface area (Å²) >= 11 is 0. The zero-order valence-corrected chi connectivity index (χ0v) is 19.5. The monoisotopic (exact) mass is 475 g/mol. The van der Waals surface area contributed by atoms with Crippen LogP contribution in [-0.4, -0.2) is 47.1 Å². The molecule has 1 N–H and O–H groups in total. The summed E-state index contributed by atoms with van der Waals surface area (Å²) in [6.07, 6.45) is 0. The Kier molecular flexibility index (Phi) is 7.47. The van der Waals surface area contributed by atoms with E-state index in [2.05, 4.69) is 15.6 Å². The van der Waals surface area contributed by atoms with Crippen molar-refractivity contribution in [2.75, 3.05) is 25.2 Å². The Morgan fingerprint density at radius 3 is 2.63 bits per heavy atom. The maximum Gasteiger partial charge on any atom is 0.249 e. The van der Waals surface area contributed by atoms with Crippen LogP contribution in [-0.2, 0) is 20.9 Å². The van der Waals surface area contributed by atoms with E-state index < -0.39 is 23.7 Å². The number of carbonyl (C=O) groups excluding carboxylic acids is 2. The molecule has 0 saturated heterocycles. The number of amides is 2. The van der Waals surface area contributed by atoms with Crippen LogP contribution in [0.2, 0.25) is 0 Å². The first-order chi connectivity index (χ1) is 17.0. The summed E-state index contributed by atoms with van der Waals surface area (Å²) < 4.78 is 21.5. The average Bonchev–Trinajstić information content (AvgIpc) is 3.26. The van der Waals surface area contributed by atoms with E-state index in [1.807, 2.05) is 31.2 Å². The van der Waals surface area contributed by atoms with Crippen molar-refractivity contribution in [3.63, 3.8) is 0 Å². The number of carbonyl (C=O) groups is 2. The van der Waals surface area contributed by atoms with Gasteiger partial charge in [0.1, 0.15) is 23.9 Å². The number of halogens is 1. The minimum absolute atomic E-state index is 0.0840. The first-order valence-corrected chi connectivity index (χ1v) is 11.2. The quantitative estimate of drug-likeness (QED) is 0.375. The van der Waals surface area contributed by atoms with E-state index in [-0.39, 0.29) is 25.3 Å². The second kappa shape index (κ2) is 10.9. The second-order valence-corrected chi connectivity index (χ2v) is 8.05. The zero-order valence-electron chi connectivity index (χ0n) is 19.5. The van der Waals surface area contributed by atoms with E-state index in [4.69, 9.17) is 4.74 Å². The number of rotatable bonds is 9. The van der Waals surface area contributed by atoms with Crippen LogP contribution < -0.4 is 10.2 Å². The molecule has 0 radical (unpaired) electrons. The normalized spacial score (nSPS) is 11.9. The van der Waals surface area contributed by atoms with Crippen LogP contribution in [0.1, 0.15) is 17.2 Å². The molecule has 4 aromatic rings. The molecule has 0 spiro atoms. The van der Waals surface area contributed by atoms with E-state index >= 15 is 4.39 Å². The number of anilines is 1. The summed E-state index contributed by atoms with van der Waals surface area (Å²) in [6, 6.07) is 19.2. The highest BCUT2D eigenvalue weighted by atomic mass is 19.1. The van der Waals surface area contributed by atoms with Gasteiger partial charge in [0.25, 0.3) is 0 Å². The fourth-order valence-electron chi connectivity index (χ4n) is 3.92. The van der Waals surface area contributed by atoms with Crippen molar-refractivity contribution in [2.24, 2.45) is 0 Å². The van der Waals surface area contributed by atoms with Crippen LogP contribution in [0.3, 0.4) is 0 Å². The molecule has 0 aliphatic heterocycles. The van der Waals surface area contributed by atoms with Gasteiger partial charge in [-0.2, -0.15) is 0 Å². The van der Waals surface area contributed by atoms with Gasteiger partial charge in [0, 0.05) is 24.9 Å². The summed E-state index contributed by atoms with van der Waals surface area (Å²) in [5.74, 6) is -1.55. The summed E-state index contributed by atoms with van der Waals surface area (Å²) in [6.45, 7) is 2.18. The van der Waals surface area contributed by atoms with Crippen molar-refractivity contribution in [2.45, 2.75) is 19.5 Å². The van der Waals surface area contributed by atoms with Gasteiger partial charge in [-0.05, 0) is 42.8 Å². The van der Waals surface area contributed by atoms with Crippen LogP contribution in [0.4, 0.5) is 10.1 Å².